The van der Waals surface area contributed by atoms with Crippen LogP contribution in [-0.2, 0) is 6.18 Å². The van der Waals surface area contributed by atoms with Crippen molar-refractivity contribution in [1.82, 2.24) is 0 Å². The lowest BCUT2D eigenvalue weighted by atomic mass is 10.0. The molecule has 2 rings (SSSR count). The Bertz CT molecular complexity index is 641. The second-order valence-electron chi connectivity index (χ2n) is 4.15. The van der Waals surface area contributed by atoms with Gasteiger partial charge in [0.25, 0.3) is 0 Å². The first-order valence-electron chi connectivity index (χ1n) is 5.63. The monoisotopic (exact) mass is 301 g/mol. The molecule has 0 heterocycles. The average Bonchev–Trinajstić information content (AvgIpc) is 2.38. The van der Waals surface area contributed by atoms with Gasteiger partial charge >= 0.3 is 6.18 Å². The second kappa shape index (κ2) is 5.25. The number of halogens is 4. The van der Waals surface area contributed by atoms with E-state index in [0.717, 1.165) is 12.1 Å². The van der Waals surface area contributed by atoms with Crippen LogP contribution >= 0.6 is 11.6 Å². The van der Waals surface area contributed by atoms with E-state index in [9.17, 15) is 13.2 Å². The van der Waals surface area contributed by atoms with E-state index in [-0.39, 0.29) is 5.69 Å². The first-order valence-corrected chi connectivity index (χ1v) is 6.01. The summed E-state index contributed by atoms with van der Waals surface area (Å²) in [6.45, 7) is 0. The van der Waals surface area contributed by atoms with E-state index in [4.69, 9.17) is 22.1 Å². The van der Waals surface area contributed by atoms with Gasteiger partial charge in [-0.3, -0.25) is 0 Å². The third-order valence-electron chi connectivity index (χ3n) is 2.84. The lowest BCUT2D eigenvalue weighted by Gasteiger charge is -2.12. The minimum atomic E-state index is -4.41. The number of hydrogen-bond acceptors (Lipinski definition) is 2. The number of methoxy groups -OCH3 is 1. The molecule has 6 heteroatoms. The molecule has 20 heavy (non-hydrogen) atoms. The number of hydrogen-bond donors (Lipinski definition) is 1. The van der Waals surface area contributed by atoms with Crippen LogP contribution in [-0.4, -0.2) is 7.11 Å². The SMILES string of the molecule is COc1cc(-c2ccc(C(F)(F)F)cc2N)ccc1Cl. The Hall–Kier alpha value is -1.88. The van der Waals surface area contributed by atoms with E-state index < -0.39 is 11.7 Å². The minimum Gasteiger partial charge on any atom is -0.495 e. The van der Waals surface area contributed by atoms with Crippen molar-refractivity contribution >= 4 is 17.3 Å². The molecule has 0 aliphatic heterocycles. The number of alkyl halides is 3. The summed E-state index contributed by atoms with van der Waals surface area (Å²) in [6, 6.07) is 8.14. The predicted octanol–water partition coefficient (Wildman–Crippen LogP) is 4.62. The van der Waals surface area contributed by atoms with Crippen LogP contribution in [0, 0.1) is 0 Å². The van der Waals surface area contributed by atoms with Gasteiger partial charge in [0.1, 0.15) is 5.75 Å². The van der Waals surface area contributed by atoms with Crippen molar-refractivity contribution in [3.63, 3.8) is 0 Å². The maximum atomic E-state index is 12.6. The highest BCUT2D eigenvalue weighted by molar-refractivity contribution is 6.32. The smallest absolute Gasteiger partial charge is 0.416 e. The van der Waals surface area contributed by atoms with E-state index >= 15 is 0 Å². The Kier molecular flexibility index (Phi) is 3.81. The van der Waals surface area contributed by atoms with E-state index in [1.165, 1.54) is 13.2 Å². The first kappa shape index (κ1) is 14.5. The van der Waals surface area contributed by atoms with Gasteiger partial charge in [-0.2, -0.15) is 13.2 Å². The Morgan fingerprint density at radius 1 is 1.10 bits per heavy atom. The molecule has 0 amide bonds. The second-order valence-corrected chi connectivity index (χ2v) is 4.56. The van der Waals surface area contributed by atoms with Crippen molar-refractivity contribution < 1.29 is 17.9 Å². The summed E-state index contributed by atoms with van der Waals surface area (Å²) < 4.78 is 42.8. The van der Waals surface area contributed by atoms with E-state index in [0.29, 0.717) is 21.9 Å². The van der Waals surface area contributed by atoms with Crippen LogP contribution in [0.5, 0.6) is 5.75 Å². The fourth-order valence-electron chi connectivity index (χ4n) is 1.83. The molecule has 0 saturated heterocycles. The molecule has 106 valence electrons. The Morgan fingerprint density at radius 2 is 1.80 bits per heavy atom. The Balaban J connectivity index is 2.49. The molecular formula is C14H11ClF3NO. The molecule has 0 bridgehead atoms. The highest BCUT2D eigenvalue weighted by Gasteiger charge is 2.30. The molecule has 0 saturated carbocycles. The van der Waals surface area contributed by atoms with Crippen LogP contribution in [0.1, 0.15) is 5.56 Å². The van der Waals surface area contributed by atoms with E-state index in [1.807, 2.05) is 0 Å². The van der Waals surface area contributed by atoms with Gasteiger partial charge in [-0.15, -0.1) is 0 Å². The van der Waals surface area contributed by atoms with E-state index in [1.54, 1.807) is 18.2 Å². The van der Waals surface area contributed by atoms with Crippen LogP contribution in [0.15, 0.2) is 36.4 Å². The van der Waals surface area contributed by atoms with Crippen molar-refractivity contribution in [2.75, 3.05) is 12.8 Å². The molecule has 0 aromatic heterocycles. The van der Waals surface area contributed by atoms with Crippen molar-refractivity contribution in [2.24, 2.45) is 0 Å². The normalized spacial score (nSPS) is 11.4. The Labute approximate surface area is 118 Å². The van der Waals surface area contributed by atoms with Crippen molar-refractivity contribution in [3.05, 3.63) is 47.0 Å². The van der Waals surface area contributed by atoms with Crippen LogP contribution in [0.4, 0.5) is 18.9 Å². The van der Waals surface area contributed by atoms with Gasteiger partial charge in [0.2, 0.25) is 0 Å². The van der Waals surface area contributed by atoms with Gasteiger partial charge in [0.05, 0.1) is 17.7 Å². The molecule has 0 atom stereocenters. The summed E-state index contributed by atoms with van der Waals surface area (Å²) in [5.41, 5.74) is 6.10. The quantitative estimate of drug-likeness (QED) is 0.822. The topological polar surface area (TPSA) is 35.2 Å². The van der Waals surface area contributed by atoms with Gasteiger partial charge in [-0.1, -0.05) is 23.7 Å². The van der Waals surface area contributed by atoms with Crippen LogP contribution in [0.3, 0.4) is 0 Å². The maximum Gasteiger partial charge on any atom is 0.416 e. The fourth-order valence-corrected chi connectivity index (χ4v) is 2.02. The molecule has 0 aliphatic rings. The highest BCUT2D eigenvalue weighted by atomic mass is 35.5. The summed E-state index contributed by atoms with van der Waals surface area (Å²) in [5, 5.41) is 0.418. The van der Waals surface area contributed by atoms with Crippen LogP contribution in [0.2, 0.25) is 5.02 Å². The summed E-state index contributed by atoms with van der Waals surface area (Å²) in [7, 11) is 1.46. The number of rotatable bonds is 2. The first-order chi connectivity index (χ1) is 9.32. The summed E-state index contributed by atoms with van der Waals surface area (Å²) in [6.07, 6.45) is -4.41. The third kappa shape index (κ3) is 2.82. The largest absolute Gasteiger partial charge is 0.495 e. The zero-order valence-corrected chi connectivity index (χ0v) is 11.2. The summed E-state index contributed by atoms with van der Waals surface area (Å²) in [4.78, 5) is 0. The molecule has 0 aliphatic carbocycles. The maximum absolute atomic E-state index is 12.6. The highest BCUT2D eigenvalue weighted by Crippen LogP contribution is 2.36. The van der Waals surface area contributed by atoms with Gasteiger partial charge in [0.15, 0.2) is 0 Å². The lowest BCUT2D eigenvalue weighted by molar-refractivity contribution is -0.137. The number of nitrogen functional groups attached to an aromatic ring is 1. The standard InChI is InChI=1S/C14H11ClF3NO/c1-20-13-6-8(2-5-11(13)15)10-4-3-9(7-12(10)19)14(16,17)18/h2-7H,19H2,1H3. The molecule has 0 unspecified atom stereocenters. The van der Waals surface area contributed by atoms with Crippen molar-refractivity contribution in [1.29, 1.82) is 0 Å². The van der Waals surface area contributed by atoms with Gasteiger partial charge in [-0.05, 0) is 29.8 Å². The van der Waals surface area contributed by atoms with Gasteiger partial charge in [-0.25, -0.2) is 0 Å². The lowest BCUT2D eigenvalue weighted by Crippen LogP contribution is -2.06. The zero-order valence-electron chi connectivity index (χ0n) is 10.5. The average molecular weight is 302 g/mol. The number of anilines is 1. The molecule has 0 spiro atoms. The Morgan fingerprint density at radius 3 is 2.35 bits per heavy atom. The molecule has 2 N–H and O–H groups in total. The molecule has 0 radical (unpaired) electrons. The van der Waals surface area contributed by atoms with Crippen LogP contribution in [0.25, 0.3) is 11.1 Å². The third-order valence-corrected chi connectivity index (χ3v) is 3.15. The van der Waals surface area contributed by atoms with Crippen LogP contribution < -0.4 is 10.5 Å². The van der Waals surface area contributed by atoms with Crippen molar-refractivity contribution in [3.8, 4) is 16.9 Å². The molecular weight excluding hydrogens is 291 g/mol. The van der Waals surface area contributed by atoms with Gasteiger partial charge < -0.3 is 10.5 Å². The van der Waals surface area contributed by atoms with Crippen molar-refractivity contribution in [2.45, 2.75) is 6.18 Å². The number of ether oxygens (including phenoxy) is 1. The molecule has 2 aromatic rings. The van der Waals surface area contributed by atoms with Gasteiger partial charge in [0, 0.05) is 11.3 Å². The fraction of sp³-hybridized carbons (Fsp3) is 0.143. The minimum absolute atomic E-state index is 0.0456. The van der Waals surface area contributed by atoms with E-state index in [2.05, 4.69) is 0 Å². The predicted molar refractivity (Wildman–Crippen MR) is 72.9 cm³/mol. The number of nitrogens with two attached hydrogens (primary N) is 1. The molecule has 2 nitrogen and oxygen atoms in total. The number of benzene rings is 2. The molecule has 2 aromatic carbocycles. The zero-order chi connectivity index (χ0) is 14.9. The summed E-state index contributed by atoms with van der Waals surface area (Å²) in [5.74, 6) is 0.434. The molecule has 0 fully saturated rings. The summed E-state index contributed by atoms with van der Waals surface area (Å²) >= 11 is 5.90.